The van der Waals surface area contributed by atoms with Crippen LogP contribution in [0.3, 0.4) is 0 Å². The van der Waals surface area contributed by atoms with Crippen LogP contribution in [0.4, 0.5) is 5.69 Å². The summed E-state index contributed by atoms with van der Waals surface area (Å²) in [6.45, 7) is 0.727. The van der Waals surface area contributed by atoms with Gasteiger partial charge in [0, 0.05) is 25.0 Å². The molecule has 0 spiro atoms. The van der Waals surface area contributed by atoms with Gasteiger partial charge < -0.3 is 10.0 Å². The summed E-state index contributed by atoms with van der Waals surface area (Å²) in [5.74, 6) is -0.943. The first kappa shape index (κ1) is 13.8. The average Bonchev–Trinajstić information content (AvgIpc) is 2.46. The lowest BCUT2D eigenvalue weighted by Crippen LogP contribution is -2.16. The number of rotatable bonds is 5. The zero-order chi connectivity index (χ0) is 14.4. The fraction of sp³-hybridized carbons (Fsp3) is 0.125. The summed E-state index contributed by atoms with van der Waals surface area (Å²) in [6.07, 6.45) is 4.49. The molecule has 4 heteroatoms. The van der Waals surface area contributed by atoms with Gasteiger partial charge in [-0.05, 0) is 35.9 Å². The summed E-state index contributed by atoms with van der Waals surface area (Å²) in [5, 5.41) is 8.58. The summed E-state index contributed by atoms with van der Waals surface area (Å²) >= 11 is 0. The smallest absolute Gasteiger partial charge is 0.328 e. The van der Waals surface area contributed by atoms with Gasteiger partial charge in [-0.25, -0.2) is 4.79 Å². The molecule has 0 aliphatic heterocycles. The summed E-state index contributed by atoms with van der Waals surface area (Å²) in [5.41, 5.74) is 2.93. The number of aromatic nitrogens is 1. The van der Waals surface area contributed by atoms with Crippen molar-refractivity contribution in [2.45, 2.75) is 6.54 Å². The van der Waals surface area contributed by atoms with Crippen molar-refractivity contribution >= 4 is 17.7 Å². The van der Waals surface area contributed by atoms with Gasteiger partial charge in [0.2, 0.25) is 0 Å². The third-order valence-corrected chi connectivity index (χ3v) is 2.88. The van der Waals surface area contributed by atoms with E-state index in [1.54, 1.807) is 12.3 Å². The third-order valence-electron chi connectivity index (χ3n) is 2.88. The summed E-state index contributed by atoms with van der Waals surface area (Å²) in [7, 11) is 2.00. The first-order valence-corrected chi connectivity index (χ1v) is 6.27. The maximum absolute atomic E-state index is 10.4. The van der Waals surface area contributed by atoms with Crippen LogP contribution in [0.2, 0.25) is 0 Å². The molecule has 2 aromatic rings. The number of carboxylic acids is 1. The second-order valence-corrected chi connectivity index (χ2v) is 4.44. The Balaban J connectivity index is 2.04. The van der Waals surface area contributed by atoms with E-state index in [2.05, 4.69) is 9.88 Å². The Morgan fingerprint density at radius 2 is 2.00 bits per heavy atom. The van der Waals surface area contributed by atoms with Crippen LogP contribution < -0.4 is 4.90 Å². The molecule has 0 saturated carbocycles. The van der Waals surface area contributed by atoms with Crippen molar-refractivity contribution in [3.05, 3.63) is 66.0 Å². The Morgan fingerprint density at radius 3 is 2.60 bits per heavy atom. The van der Waals surface area contributed by atoms with Crippen molar-refractivity contribution < 1.29 is 9.90 Å². The largest absolute Gasteiger partial charge is 0.478 e. The van der Waals surface area contributed by atoms with Crippen molar-refractivity contribution in [3.63, 3.8) is 0 Å². The van der Waals surface area contributed by atoms with Gasteiger partial charge in [-0.15, -0.1) is 0 Å². The number of carbonyl (C=O) groups is 1. The Bertz CT molecular complexity index is 592. The SMILES string of the molecule is CN(Cc1ccccn1)c1ccc(/C=C/C(=O)O)cc1. The van der Waals surface area contributed by atoms with Crippen LogP contribution >= 0.6 is 0 Å². The highest BCUT2D eigenvalue weighted by Gasteiger charge is 2.02. The number of nitrogens with zero attached hydrogens (tertiary/aromatic N) is 2. The van der Waals surface area contributed by atoms with Crippen LogP contribution in [-0.2, 0) is 11.3 Å². The van der Waals surface area contributed by atoms with E-state index >= 15 is 0 Å². The number of hydrogen-bond acceptors (Lipinski definition) is 3. The molecule has 2 rings (SSSR count). The number of carboxylic acid groups (broad SMARTS) is 1. The quantitative estimate of drug-likeness (QED) is 0.847. The lowest BCUT2D eigenvalue weighted by Gasteiger charge is -2.18. The number of hydrogen-bond donors (Lipinski definition) is 1. The normalized spacial score (nSPS) is 10.7. The molecule has 1 aromatic heterocycles. The van der Waals surface area contributed by atoms with Gasteiger partial charge >= 0.3 is 5.97 Å². The van der Waals surface area contributed by atoms with E-state index in [0.29, 0.717) is 0 Å². The van der Waals surface area contributed by atoms with Crippen LogP contribution in [0.15, 0.2) is 54.7 Å². The molecule has 0 aliphatic rings. The molecule has 1 N–H and O–H groups in total. The fourth-order valence-electron chi connectivity index (χ4n) is 1.83. The Morgan fingerprint density at radius 1 is 1.25 bits per heavy atom. The van der Waals surface area contributed by atoms with Crippen LogP contribution in [0.25, 0.3) is 6.08 Å². The van der Waals surface area contributed by atoms with Gasteiger partial charge in [-0.1, -0.05) is 18.2 Å². The maximum Gasteiger partial charge on any atom is 0.328 e. The lowest BCUT2D eigenvalue weighted by molar-refractivity contribution is -0.131. The lowest BCUT2D eigenvalue weighted by atomic mass is 10.2. The van der Waals surface area contributed by atoms with Gasteiger partial charge in [0.15, 0.2) is 0 Å². The first-order valence-electron chi connectivity index (χ1n) is 6.27. The molecule has 102 valence electrons. The minimum absolute atomic E-state index is 0.727. The maximum atomic E-state index is 10.4. The second kappa shape index (κ2) is 6.52. The summed E-state index contributed by atoms with van der Waals surface area (Å²) in [4.78, 5) is 16.8. The average molecular weight is 268 g/mol. The zero-order valence-corrected chi connectivity index (χ0v) is 11.2. The van der Waals surface area contributed by atoms with Crippen LogP contribution in [0.5, 0.6) is 0 Å². The molecule has 20 heavy (non-hydrogen) atoms. The van der Waals surface area contributed by atoms with Crippen LogP contribution in [-0.4, -0.2) is 23.1 Å². The van der Waals surface area contributed by atoms with E-state index in [1.165, 1.54) is 0 Å². The highest BCUT2D eigenvalue weighted by atomic mass is 16.4. The predicted molar refractivity (Wildman–Crippen MR) is 79.5 cm³/mol. The molecule has 4 nitrogen and oxygen atoms in total. The highest BCUT2D eigenvalue weighted by molar-refractivity contribution is 5.85. The van der Waals surface area contributed by atoms with Crippen molar-refractivity contribution in [1.29, 1.82) is 0 Å². The summed E-state index contributed by atoms with van der Waals surface area (Å²) in [6, 6.07) is 13.6. The van der Waals surface area contributed by atoms with E-state index in [4.69, 9.17) is 5.11 Å². The highest BCUT2D eigenvalue weighted by Crippen LogP contribution is 2.16. The molecule has 0 saturated heterocycles. The van der Waals surface area contributed by atoms with E-state index in [1.807, 2.05) is 49.5 Å². The molecule has 0 amide bonds. The van der Waals surface area contributed by atoms with Crippen molar-refractivity contribution in [2.24, 2.45) is 0 Å². The van der Waals surface area contributed by atoms with E-state index in [-0.39, 0.29) is 0 Å². The van der Waals surface area contributed by atoms with Crippen LogP contribution in [0.1, 0.15) is 11.3 Å². The van der Waals surface area contributed by atoms with Crippen molar-refractivity contribution in [3.8, 4) is 0 Å². The topological polar surface area (TPSA) is 53.4 Å². The monoisotopic (exact) mass is 268 g/mol. The van der Waals surface area contributed by atoms with Crippen molar-refractivity contribution in [1.82, 2.24) is 4.98 Å². The van der Waals surface area contributed by atoms with Gasteiger partial charge in [-0.2, -0.15) is 0 Å². The standard InChI is InChI=1S/C16H16N2O2/c1-18(12-14-4-2-3-11-17-14)15-8-5-13(6-9-15)7-10-16(19)20/h2-11H,12H2,1H3,(H,19,20)/b10-7+. The van der Waals surface area contributed by atoms with Gasteiger partial charge in [0.05, 0.1) is 12.2 Å². The molecule has 0 atom stereocenters. The minimum Gasteiger partial charge on any atom is -0.478 e. The van der Waals surface area contributed by atoms with Gasteiger partial charge in [0.25, 0.3) is 0 Å². The second-order valence-electron chi connectivity index (χ2n) is 4.44. The number of aliphatic carboxylic acids is 1. The third kappa shape index (κ3) is 3.95. The molecule has 0 bridgehead atoms. The molecule has 0 aliphatic carbocycles. The Labute approximate surface area is 118 Å². The van der Waals surface area contributed by atoms with E-state index in [0.717, 1.165) is 29.6 Å². The molecule has 1 heterocycles. The Hall–Kier alpha value is -2.62. The summed E-state index contributed by atoms with van der Waals surface area (Å²) < 4.78 is 0. The minimum atomic E-state index is -0.943. The van der Waals surface area contributed by atoms with Crippen LogP contribution in [0, 0.1) is 0 Å². The zero-order valence-electron chi connectivity index (χ0n) is 11.2. The number of pyridine rings is 1. The van der Waals surface area contributed by atoms with E-state index < -0.39 is 5.97 Å². The van der Waals surface area contributed by atoms with Gasteiger partial charge in [0.1, 0.15) is 0 Å². The van der Waals surface area contributed by atoms with E-state index in [9.17, 15) is 4.79 Å². The Kier molecular flexibility index (Phi) is 4.50. The number of anilines is 1. The van der Waals surface area contributed by atoms with Crippen molar-refractivity contribution in [2.75, 3.05) is 11.9 Å². The molecular formula is C16H16N2O2. The fourth-order valence-corrected chi connectivity index (χ4v) is 1.83. The predicted octanol–water partition coefficient (Wildman–Crippen LogP) is 2.82. The molecule has 1 aromatic carbocycles. The molecule has 0 fully saturated rings. The molecule has 0 unspecified atom stereocenters. The molecular weight excluding hydrogens is 252 g/mol. The number of benzene rings is 1. The first-order chi connectivity index (χ1) is 9.65. The van der Waals surface area contributed by atoms with Gasteiger partial charge in [-0.3, -0.25) is 4.98 Å². The molecule has 0 radical (unpaired) electrons.